The Morgan fingerprint density at radius 1 is 0.917 bits per heavy atom. The number of aryl methyl sites for hydroxylation is 1. The Labute approximate surface area is 212 Å². The van der Waals surface area contributed by atoms with Crippen LogP contribution in [0.1, 0.15) is 28.2 Å². The molecule has 8 nitrogen and oxygen atoms in total. The fraction of sp³-hybridized carbons (Fsp3) is 0.357. The van der Waals surface area contributed by atoms with Crippen molar-refractivity contribution in [2.75, 3.05) is 51.3 Å². The Balaban J connectivity index is 1.35. The van der Waals surface area contributed by atoms with Gasteiger partial charge in [-0.3, -0.25) is 14.6 Å². The molecule has 0 bridgehead atoms. The summed E-state index contributed by atoms with van der Waals surface area (Å²) in [4.78, 5) is 40.6. The quantitative estimate of drug-likeness (QED) is 0.461. The first-order chi connectivity index (χ1) is 17.5. The van der Waals surface area contributed by atoms with Crippen molar-refractivity contribution >= 4 is 17.5 Å². The molecule has 1 fully saturated rings. The van der Waals surface area contributed by atoms with Crippen molar-refractivity contribution in [2.45, 2.75) is 19.8 Å². The second kappa shape index (κ2) is 12.2. The van der Waals surface area contributed by atoms with Gasteiger partial charge in [0.1, 0.15) is 11.4 Å². The largest absolute Gasteiger partial charge is 0.495 e. The number of hydrogen-bond acceptors (Lipinski definition) is 6. The third kappa shape index (κ3) is 6.38. The lowest BCUT2D eigenvalue weighted by Gasteiger charge is -2.37. The molecular formula is C28H33N5O3. The van der Waals surface area contributed by atoms with Gasteiger partial charge in [0, 0.05) is 51.9 Å². The van der Waals surface area contributed by atoms with Crippen LogP contribution in [0.3, 0.4) is 0 Å². The maximum absolute atomic E-state index is 13.2. The van der Waals surface area contributed by atoms with E-state index in [1.807, 2.05) is 66.4 Å². The Morgan fingerprint density at radius 2 is 1.64 bits per heavy atom. The van der Waals surface area contributed by atoms with Gasteiger partial charge in [0.05, 0.1) is 24.7 Å². The van der Waals surface area contributed by atoms with E-state index in [-0.39, 0.29) is 18.2 Å². The van der Waals surface area contributed by atoms with Crippen molar-refractivity contribution in [3.8, 4) is 5.75 Å². The smallest absolute Gasteiger partial charge is 0.274 e. The molecule has 36 heavy (non-hydrogen) atoms. The number of carbonyl (C=O) groups is 2. The first-order valence-electron chi connectivity index (χ1n) is 12.3. The molecular weight excluding hydrogens is 454 g/mol. The van der Waals surface area contributed by atoms with Crippen molar-refractivity contribution in [1.82, 2.24) is 19.8 Å². The fourth-order valence-corrected chi connectivity index (χ4v) is 4.37. The summed E-state index contributed by atoms with van der Waals surface area (Å²) in [6, 6.07) is 18.0. The average Bonchev–Trinajstić information content (AvgIpc) is 2.93. The molecule has 2 amide bonds. The SMILES string of the molecule is COc1ccccc1N1CCN(C(=O)CCN(CCc2ccccc2)C(=O)c2cnc(C)cn2)CC1. The topological polar surface area (TPSA) is 78.9 Å². The molecule has 0 N–H and O–H groups in total. The zero-order valence-corrected chi connectivity index (χ0v) is 21.0. The van der Waals surface area contributed by atoms with Crippen LogP contribution >= 0.6 is 0 Å². The molecule has 0 unspecified atom stereocenters. The lowest BCUT2D eigenvalue weighted by atomic mass is 10.1. The second-order valence-electron chi connectivity index (χ2n) is 8.86. The lowest BCUT2D eigenvalue weighted by Crippen LogP contribution is -2.49. The van der Waals surface area contributed by atoms with Gasteiger partial charge in [-0.1, -0.05) is 42.5 Å². The number of para-hydroxylation sites is 2. The molecule has 4 rings (SSSR count). The molecule has 0 spiro atoms. The summed E-state index contributed by atoms with van der Waals surface area (Å²) in [5.41, 5.74) is 3.24. The number of amides is 2. The van der Waals surface area contributed by atoms with E-state index in [0.717, 1.165) is 35.8 Å². The van der Waals surface area contributed by atoms with Crippen LogP contribution in [0.2, 0.25) is 0 Å². The summed E-state index contributed by atoms with van der Waals surface area (Å²) in [6.07, 6.45) is 4.08. The molecule has 2 heterocycles. The summed E-state index contributed by atoms with van der Waals surface area (Å²) < 4.78 is 5.49. The van der Waals surface area contributed by atoms with E-state index in [1.54, 1.807) is 18.2 Å². The molecule has 1 aromatic heterocycles. The van der Waals surface area contributed by atoms with Crippen molar-refractivity contribution < 1.29 is 14.3 Å². The molecule has 1 aliphatic heterocycles. The summed E-state index contributed by atoms with van der Waals surface area (Å²) in [5.74, 6) is 0.693. The molecule has 2 aromatic carbocycles. The minimum absolute atomic E-state index is 0.0576. The summed E-state index contributed by atoms with van der Waals surface area (Å²) in [5, 5.41) is 0. The van der Waals surface area contributed by atoms with Gasteiger partial charge in [-0.15, -0.1) is 0 Å². The van der Waals surface area contributed by atoms with Gasteiger partial charge in [0.25, 0.3) is 5.91 Å². The van der Waals surface area contributed by atoms with E-state index < -0.39 is 0 Å². The monoisotopic (exact) mass is 487 g/mol. The molecule has 0 saturated carbocycles. The molecule has 1 aliphatic rings. The number of hydrogen-bond donors (Lipinski definition) is 0. The molecule has 0 radical (unpaired) electrons. The second-order valence-corrected chi connectivity index (χ2v) is 8.86. The highest BCUT2D eigenvalue weighted by atomic mass is 16.5. The molecule has 0 atom stereocenters. The number of ether oxygens (including phenoxy) is 1. The summed E-state index contributed by atoms with van der Waals surface area (Å²) in [6.45, 7) is 5.43. The van der Waals surface area contributed by atoms with Crippen molar-refractivity contribution in [2.24, 2.45) is 0 Å². The van der Waals surface area contributed by atoms with Gasteiger partial charge in [-0.25, -0.2) is 4.98 Å². The van der Waals surface area contributed by atoms with E-state index in [2.05, 4.69) is 14.9 Å². The molecule has 1 saturated heterocycles. The minimum atomic E-state index is -0.202. The number of methoxy groups -OCH3 is 1. The van der Waals surface area contributed by atoms with Crippen LogP contribution in [0.4, 0.5) is 5.69 Å². The van der Waals surface area contributed by atoms with Crippen LogP contribution in [0, 0.1) is 6.92 Å². The number of aromatic nitrogens is 2. The third-order valence-corrected chi connectivity index (χ3v) is 6.45. The van der Waals surface area contributed by atoms with Crippen molar-refractivity contribution in [3.05, 3.63) is 83.9 Å². The standard InChI is InChI=1S/C28H33N5O3/c1-22-20-30-24(21-29-22)28(35)33(14-12-23-8-4-3-5-9-23)15-13-27(34)32-18-16-31(17-19-32)25-10-6-7-11-26(25)36-2/h3-11,20-21H,12-19H2,1-2H3. The molecule has 188 valence electrons. The first-order valence-corrected chi connectivity index (χ1v) is 12.3. The van der Waals surface area contributed by atoms with Gasteiger partial charge in [-0.2, -0.15) is 0 Å². The highest BCUT2D eigenvalue weighted by Gasteiger charge is 2.24. The van der Waals surface area contributed by atoms with E-state index in [1.165, 1.54) is 6.20 Å². The zero-order valence-electron chi connectivity index (χ0n) is 21.0. The van der Waals surface area contributed by atoms with E-state index in [9.17, 15) is 9.59 Å². The number of piperazine rings is 1. The Bertz CT molecular complexity index is 1150. The number of rotatable bonds is 9. The Morgan fingerprint density at radius 3 is 2.33 bits per heavy atom. The van der Waals surface area contributed by atoms with Crippen LogP contribution in [-0.2, 0) is 11.2 Å². The summed E-state index contributed by atoms with van der Waals surface area (Å²) in [7, 11) is 1.67. The van der Waals surface area contributed by atoms with Crippen LogP contribution in [0.5, 0.6) is 5.75 Å². The van der Waals surface area contributed by atoms with Crippen LogP contribution < -0.4 is 9.64 Å². The minimum Gasteiger partial charge on any atom is -0.495 e. The van der Waals surface area contributed by atoms with Gasteiger partial charge < -0.3 is 19.4 Å². The highest BCUT2D eigenvalue weighted by molar-refractivity contribution is 5.92. The van der Waals surface area contributed by atoms with E-state index >= 15 is 0 Å². The maximum atomic E-state index is 13.2. The first kappa shape index (κ1) is 25.2. The zero-order chi connectivity index (χ0) is 25.3. The summed E-state index contributed by atoms with van der Waals surface area (Å²) >= 11 is 0. The van der Waals surface area contributed by atoms with Gasteiger partial charge in [0.2, 0.25) is 5.91 Å². The van der Waals surface area contributed by atoms with Gasteiger partial charge in [0.15, 0.2) is 0 Å². The normalized spacial score (nSPS) is 13.4. The lowest BCUT2D eigenvalue weighted by molar-refractivity contribution is -0.131. The van der Waals surface area contributed by atoms with Crippen LogP contribution in [0.15, 0.2) is 67.0 Å². The van der Waals surface area contributed by atoms with Crippen LogP contribution in [-0.4, -0.2) is 78.0 Å². The predicted octanol–water partition coefficient (Wildman–Crippen LogP) is 3.22. The van der Waals surface area contributed by atoms with Crippen molar-refractivity contribution in [3.63, 3.8) is 0 Å². The number of anilines is 1. The molecule has 0 aliphatic carbocycles. The Hall–Kier alpha value is -3.94. The fourth-order valence-electron chi connectivity index (χ4n) is 4.37. The molecule has 8 heteroatoms. The number of nitrogens with zero attached hydrogens (tertiary/aromatic N) is 5. The van der Waals surface area contributed by atoms with Crippen LogP contribution in [0.25, 0.3) is 0 Å². The molecule has 3 aromatic rings. The number of carbonyl (C=O) groups excluding carboxylic acids is 2. The maximum Gasteiger partial charge on any atom is 0.274 e. The van der Waals surface area contributed by atoms with Crippen molar-refractivity contribution in [1.29, 1.82) is 0 Å². The average molecular weight is 488 g/mol. The third-order valence-electron chi connectivity index (χ3n) is 6.45. The number of benzene rings is 2. The predicted molar refractivity (Wildman–Crippen MR) is 139 cm³/mol. The Kier molecular flexibility index (Phi) is 8.49. The van der Waals surface area contributed by atoms with Gasteiger partial charge >= 0.3 is 0 Å². The van der Waals surface area contributed by atoms with E-state index in [4.69, 9.17) is 4.74 Å². The van der Waals surface area contributed by atoms with Gasteiger partial charge in [-0.05, 0) is 31.0 Å². The van der Waals surface area contributed by atoms with E-state index in [0.29, 0.717) is 38.3 Å². The highest BCUT2D eigenvalue weighted by Crippen LogP contribution is 2.28.